The van der Waals surface area contributed by atoms with E-state index in [2.05, 4.69) is 0 Å². The Bertz CT molecular complexity index is 1310. The first-order valence-corrected chi connectivity index (χ1v) is 9.58. The van der Waals surface area contributed by atoms with E-state index in [1.54, 1.807) is 12.1 Å². The first kappa shape index (κ1) is 21.3. The van der Waals surface area contributed by atoms with Crippen LogP contribution in [0.1, 0.15) is 41.4 Å². The van der Waals surface area contributed by atoms with Crippen molar-refractivity contribution < 1.29 is 32.7 Å². The fourth-order valence-electron chi connectivity index (χ4n) is 3.22. The molecule has 0 aromatic heterocycles. The molecular formula is C23H12ClF2NO5. The number of imide groups is 1. The molecule has 32 heavy (non-hydrogen) atoms. The molecule has 1 aliphatic heterocycles. The third-order valence-corrected chi connectivity index (χ3v) is 5.10. The lowest BCUT2D eigenvalue weighted by atomic mass is 10.1. The molecular weight excluding hydrogens is 444 g/mol. The summed E-state index contributed by atoms with van der Waals surface area (Å²) in [5.41, 5.74) is -0.412. The summed E-state index contributed by atoms with van der Waals surface area (Å²) < 4.78 is 31.8. The van der Waals surface area contributed by atoms with Crippen molar-refractivity contribution in [1.82, 2.24) is 0 Å². The molecule has 3 aromatic rings. The zero-order chi connectivity index (χ0) is 23.0. The molecule has 0 saturated carbocycles. The summed E-state index contributed by atoms with van der Waals surface area (Å²) in [6, 6.07) is 12.4. The first-order valence-electron chi connectivity index (χ1n) is 9.20. The van der Waals surface area contributed by atoms with Crippen LogP contribution in [0, 0.1) is 11.6 Å². The quantitative estimate of drug-likeness (QED) is 0.322. The lowest BCUT2D eigenvalue weighted by Gasteiger charge is -2.15. The number of anilines is 1. The third kappa shape index (κ3) is 3.76. The van der Waals surface area contributed by atoms with Gasteiger partial charge in [-0.25, -0.2) is 18.5 Å². The van der Waals surface area contributed by atoms with E-state index < -0.39 is 47.4 Å². The average molecular weight is 456 g/mol. The van der Waals surface area contributed by atoms with Gasteiger partial charge in [0.05, 0.1) is 33.0 Å². The third-order valence-electron chi connectivity index (χ3n) is 4.78. The van der Waals surface area contributed by atoms with Gasteiger partial charge in [0, 0.05) is 0 Å². The van der Waals surface area contributed by atoms with Gasteiger partial charge in [0.25, 0.3) is 11.8 Å². The zero-order valence-corrected chi connectivity index (χ0v) is 16.9. The van der Waals surface area contributed by atoms with E-state index in [1.807, 2.05) is 0 Å². The van der Waals surface area contributed by atoms with Crippen LogP contribution in [0.25, 0.3) is 0 Å². The number of nitrogens with zero attached hydrogens (tertiary/aromatic N) is 1. The summed E-state index contributed by atoms with van der Waals surface area (Å²) in [5, 5.41) is 0.199. The summed E-state index contributed by atoms with van der Waals surface area (Å²) in [6.45, 7) is -0.838. The molecule has 0 bridgehead atoms. The van der Waals surface area contributed by atoms with Crippen molar-refractivity contribution in [3.05, 3.63) is 99.6 Å². The van der Waals surface area contributed by atoms with Gasteiger partial charge in [0.2, 0.25) is 5.78 Å². The Kier molecular flexibility index (Phi) is 5.54. The lowest BCUT2D eigenvalue weighted by molar-refractivity contribution is 0.0473. The molecule has 2 amide bonds. The van der Waals surface area contributed by atoms with Gasteiger partial charge in [-0.1, -0.05) is 23.7 Å². The molecule has 1 aliphatic rings. The van der Waals surface area contributed by atoms with E-state index in [-0.39, 0.29) is 27.4 Å². The van der Waals surface area contributed by atoms with Gasteiger partial charge in [0.1, 0.15) is 11.6 Å². The molecule has 6 nitrogen and oxygen atoms in total. The highest BCUT2D eigenvalue weighted by molar-refractivity contribution is 6.39. The van der Waals surface area contributed by atoms with Crippen LogP contribution in [0.2, 0.25) is 5.02 Å². The standard InChI is InChI=1S/C23H12ClF2NO5/c24-17-3-1-2-4-19(17)27-21(29)14-7-5-12(9-15(14)22(27)30)23(31)32-11-20(28)16-10-13(25)6-8-18(16)26/h1-10H,11H2. The van der Waals surface area contributed by atoms with Gasteiger partial charge in [-0.15, -0.1) is 0 Å². The van der Waals surface area contributed by atoms with Crippen molar-refractivity contribution in [2.75, 3.05) is 11.5 Å². The van der Waals surface area contributed by atoms with E-state index in [4.69, 9.17) is 16.3 Å². The zero-order valence-electron chi connectivity index (χ0n) is 16.1. The number of carbonyl (C=O) groups is 4. The largest absolute Gasteiger partial charge is 0.454 e. The van der Waals surface area contributed by atoms with E-state index in [9.17, 15) is 28.0 Å². The number of amides is 2. The number of hydrogen-bond acceptors (Lipinski definition) is 5. The maximum atomic E-state index is 13.7. The summed E-state index contributed by atoms with van der Waals surface area (Å²) in [7, 11) is 0. The predicted molar refractivity (Wildman–Crippen MR) is 110 cm³/mol. The predicted octanol–water partition coefficient (Wildman–Crippen LogP) is 4.46. The molecule has 160 valence electrons. The van der Waals surface area contributed by atoms with Crippen LogP contribution in [0.4, 0.5) is 14.5 Å². The molecule has 0 unspecified atom stereocenters. The molecule has 0 atom stereocenters. The molecule has 9 heteroatoms. The fraction of sp³-hybridized carbons (Fsp3) is 0.0435. The Balaban J connectivity index is 1.53. The van der Waals surface area contributed by atoms with Crippen molar-refractivity contribution in [3.8, 4) is 0 Å². The Morgan fingerprint density at radius 1 is 0.906 bits per heavy atom. The van der Waals surface area contributed by atoms with Crippen LogP contribution in [0.5, 0.6) is 0 Å². The van der Waals surface area contributed by atoms with Crippen molar-refractivity contribution >= 4 is 40.9 Å². The number of ether oxygens (including phenoxy) is 1. The average Bonchev–Trinajstić information content (AvgIpc) is 3.03. The normalized spacial score (nSPS) is 12.7. The van der Waals surface area contributed by atoms with E-state index in [1.165, 1.54) is 30.3 Å². The van der Waals surface area contributed by atoms with E-state index in [0.717, 1.165) is 17.0 Å². The molecule has 4 rings (SSSR count). The SMILES string of the molecule is O=C(OCC(=O)c1cc(F)ccc1F)c1ccc2c(c1)C(=O)N(c1ccccc1Cl)C2=O. The second-order valence-electron chi connectivity index (χ2n) is 6.78. The number of carbonyl (C=O) groups excluding carboxylic acids is 4. The number of Topliss-reactive ketones (excluding diaryl/α,β-unsaturated/α-hetero) is 1. The number of fused-ring (bicyclic) bond motifs is 1. The van der Waals surface area contributed by atoms with E-state index in [0.29, 0.717) is 6.07 Å². The van der Waals surface area contributed by atoms with Crippen LogP contribution < -0.4 is 4.90 Å². The van der Waals surface area contributed by atoms with Gasteiger partial charge < -0.3 is 4.74 Å². The molecule has 1 heterocycles. The minimum Gasteiger partial charge on any atom is -0.454 e. The second kappa shape index (κ2) is 8.32. The number of hydrogen-bond donors (Lipinski definition) is 0. The summed E-state index contributed by atoms with van der Waals surface area (Å²) in [5.74, 6) is -4.96. The Morgan fingerprint density at radius 3 is 2.38 bits per heavy atom. The minimum absolute atomic E-state index is 0.0353. The van der Waals surface area contributed by atoms with Gasteiger partial charge in [-0.05, 0) is 48.5 Å². The number of esters is 1. The molecule has 0 N–H and O–H groups in total. The van der Waals surface area contributed by atoms with Crippen molar-refractivity contribution in [1.29, 1.82) is 0 Å². The van der Waals surface area contributed by atoms with Crippen molar-refractivity contribution in [2.24, 2.45) is 0 Å². The Labute approximate surface area is 185 Å². The van der Waals surface area contributed by atoms with Gasteiger partial charge in [0.15, 0.2) is 6.61 Å². The maximum Gasteiger partial charge on any atom is 0.338 e. The van der Waals surface area contributed by atoms with E-state index >= 15 is 0 Å². The monoisotopic (exact) mass is 455 g/mol. The lowest BCUT2D eigenvalue weighted by Crippen LogP contribution is -2.29. The van der Waals surface area contributed by atoms with Crippen LogP contribution in [-0.4, -0.2) is 30.2 Å². The molecule has 0 spiro atoms. The summed E-state index contributed by atoms with van der Waals surface area (Å²) >= 11 is 6.10. The topological polar surface area (TPSA) is 80.8 Å². The maximum absolute atomic E-state index is 13.7. The van der Waals surface area contributed by atoms with Crippen LogP contribution in [0.3, 0.4) is 0 Å². The summed E-state index contributed by atoms with van der Waals surface area (Å²) in [4.78, 5) is 50.8. The number of benzene rings is 3. The van der Waals surface area contributed by atoms with Crippen LogP contribution in [0.15, 0.2) is 60.7 Å². The van der Waals surface area contributed by atoms with Crippen molar-refractivity contribution in [3.63, 3.8) is 0 Å². The molecule has 0 radical (unpaired) electrons. The molecule has 0 fully saturated rings. The Hall–Kier alpha value is -3.91. The highest BCUT2D eigenvalue weighted by Gasteiger charge is 2.38. The van der Waals surface area contributed by atoms with Crippen LogP contribution in [-0.2, 0) is 4.74 Å². The fourth-order valence-corrected chi connectivity index (χ4v) is 3.44. The molecule has 0 aliphatic carbocycles. The van der Waals surface area contributed by atoms with Crippen molar-refractivity contribution in [2.45, 2.75) is 0 Å². The smallest absolute Gasteiger partial charge is 0.338 e. The van der Waals surface area contributed by atoms with Gasteiger partial charge in [-0.2, -0.15) is 0 Å². The number of rotatable bonds is 5. The molecule has 0 saturated heterocycles. The number of halogens is 3. The van der Waals surface area contributed by atoms with Crippen LogP contribution >= 0.6 is 11.6 Å². The second-order valence-corrected chi connectivity index (χ2v) is 7.19. The highest BCUT2D eigenvalue weighted by atomic mass is 35.5. The highest BCUT2D eigenvalue weighted by Crippen LogP contribution is 2.33. The number of ketones is 1. The Morgan fingerprint density at radius 2 is 1.62 bits per heavy atom. The minimum atomic E-state index is -0.977. The van der Waals surface area contributed by atoms with Gasteiger partial charge >= 0.3 is 5.97 Å². The van der Waals surface area contributed by atoms with Gasteiger partial charge in [-0.3, -0.25) is 14.4 Å². The number of para-hydroxylation sites is 1. The summed E-state index contributed by atoms with van der Waals surface area (Å²) in [6.07, 6.45) is 0. The molecule has 3 aromatic carbocycles. The first-order chi connectivity index (χ1) is 15.3.